The molecule has 0 radical (unpaired) electrons. The summed E-state index contributed by atoms with van der Waals surface area (Å²) in [4.78, 5) is 0. The van der Waals surface area contributed by atoms with Crippen molar-refractivity contribution in [1.29, 1.82) is 0 Å². The molecule has 2 N–H and O–H groups in total. The van der Waals surface area contributed by atoms with Crippen molar-refractivity contribution in [2.75, 3.05) is 6.54 Å². The van der Waals surface area contributed by atoms with Crippen LogP contribution in [-0.2, 0) is 0 Å². The van der Waals surface area contributed by atoms with E-state index in [1.807, 2.05) is 0 Å². The molecule has 0 spiro atoms. The highest BCUT2D eigenvalue weighted by Gasteiger charge is 2.44. The summed E-state index contributed by atoms with van der Waals surface area (Å²) in [5.41, 5.74) is -0.318. The Hall–Kier alpha value is -0.0800. The lowest BCUT2D eigenvalue weighted by Gasteiger charge is -2.39. The molecule has 3 unspecified atom stereocenters. The summed E-state index contributed by atoms with van der Waals surface area (Å²) in [6.45, 7) is 3.24. The molecule has 2 nitrogen and oxygen atoms in total. The molecule has 0 heterocycles. The van der Waals surface area contributed by atoms with Crippen LogP contribution in [0.1, 0.15) is 64.7 Å². The highest BCUT2D eigenvalue weighted by Crippen LogP contribution is 2.52. The van der Waals surface area contributed by atoms with Crippen LogP contribution >= 0.6 is 0 Å². The summed E-state index contributed by atoms with van der Waals surface area (Å²) in [6.07, 6.45) is 11.3. The second kappa shape index (κ2) is 5.13. The highest BCUT2D eigenvalue weighted by molar-refractivity contribution is 4.96. The first-order valence-corrected chi connectivity index (χ1v) is 8.14. The molecule has 3 saturated carbocycles. The van der Waals surface area contributed by atoms with E-state index in [4.69, 9.17) is 0 Å². The van der Waals surface area contributed by atoms with Crippen LogP contribution in [-0.4, -0.2) is 23.3 Å². The standard InChI is InChI=1S/C16H29NO/c1-2-17-15-5-7-16(18,8-6-15)11-14-10-12-3-4-13(14)9-12/h12-15,17-18H,2-11H2,1H3. The molecule has 0 aromatic carbocycles. The van der Waals surface area contributed by atoms with Crippen molar-refractivity contribution >= 4 is 0 Å². The first-order chi connectivity index (χ1) is 8.68. The third kappa shape index (κ3) is 2.60. The minimum Gasteiger partial charge on any atom is -0.390 e. The Labute approximate surface area is 112 Å². The van der Waals surface area contributed by atoms with Crippen molar-refractivity contribution in [1.82, 2.24) is 5.32 Å². The van der Waals surface area contributed by atoms with E-state index in [9.17, 15) is 5.11 Å². The Morgan fingerprint density at radius 3 is 2.44 bits per heavy atom. The zero-order valence-electron chi connectivity index (χ0n) is 11.8. The van der Waals surface area contributed by atoms with Crippen LogP contribution in [0, 0.1) is 17.8 Å². The van der Waals surface area contributed by atoms with Gasteiger partial charge in [-0.05, 0) is 75.7 Å². The fourth-order valence-corrected chi connectivity index (χ4v) is 4.97. The monoisotopic (exact) mass is 251 g/mol. The number of hydrogen-bond acceptors (Lipinski definition) is 2. The predicted octanol–water partition coefficient (Wildman–Crippen LogP) is 3.10. The van der Waals surface area contributed by atoms with Gasteiger partial charge in [0.05, 0.1) is 5.60 Å². The number of rotatable bonds is 4. The third-order valence-electron chi connectivity index (χ3n) is 5.94. The molecule has 0 amide bonds. The molecule has 3 aliphatic rings. The summed E-state index contributed by atoms with van der Waals surface area (Å²) < 4.78 is 0. The summed E-state index contributed by atoms with van der Waals surface area (Å²) in [6, 6.07) is 0.662. The van der Waals surface area contributed by atoms with Gasteiger partial charge in [-0.1, -0.05) is 13.3 Å². The fourth-order valence-electron chi connectivity index (χ4n) is 4.97. The van der Waals surface area contributed by atoms with Crippen LogP contribution < -0.4 is 5.32 Å². The molecule has 0 saturated heterocycles. The molecule has 0 aromatic heterocycles. The van der Waals surface area contributed by atoms with Crippen molar-refractivity contribution in [2.45, 2.75) is 76.4 Å². The minimum atomic E-state index is -0.318. The Morgan fingerprint density at radius 2 is 1.89 bits per heavy atom. The largest absolute Gasteiger partial charge is 0.390 e. The van der Waals surface area contributed by atoms with E-state index in [0.29, 0.717) is 6.04 Å². The molecule has 3 fully saturated rings. The summed E-state index contributed by atoms with van der Waals surface area (Å²) >= 11 is 0. The molecule has 3 atom stereocenters. The lowest BCUT2D eigenvalue weighted by atomic mass is 9.73. The molecule has 0 aromatic rings. The minimum absolute atomic E-state index is 0.318. The van der Waals surface area contributed by atoms with Crippen LogP contribution in [0.2, 0.25) is 0 Å². The topological polar surface area (TPSA) is 32.3 Å². The van der Waals surface area contributed by atoms with Crippen molar-refractivity contribution in [3.05, 3.63) is 0 Å². The van der Waals surface area contributed by atoms with Crippen molar-refractivity contribution in [3.8, 4) is 0 Å². The second-order valence-electron chi connectivity index (χ2n) is 7.20. The van der Waals surface area contributed by atoms with E-state index in [2.05, 4.69) is 12.2 Å². The Bertz CT molecular complexity index is 283. The molecule has 2 heteroatoms. The maximum Gasteiger partial charge on any atom is 0.0651 e. The van der Waals surface area contributed by atoms with Crippen molar-refractivity contribution < 1.29 is 5.11 Å². The smallest absolute Gasteiger partial charge is 0.0651 e. The van der Waals surface area contributed by atoms with Gasteiger partial charge >= 0.3 is 0 Å². The molecule has 3 aliphatic carbocycles. The lowest BCUT2D eigenvalue weighted by Crippen LogP contribution is -2.42. The molecular formula is C16H29NO. The Balaban J connectivity index is 1.50. The van der Waals surface area contributed by atoms with Crippen LogP contribution in [0.3, 0.4) is 0 Å². The van der Waals surface area contributed by atoms with Crippen LogP contribution in [0.4, 0.5) is 0 Å². The van der Waals surface area contributed by atoms with Crippen LogP contribution in [0.15, 0.2) is 0 Å². The van der Waals surface area contributed by atoms with E-state index in [1.165, 1.54) is 38.5 Å². The molecule has 2 bridgehead atoms. The van der Waals surface area contributed by atoms with Gasteiger partial charge in [-0.3, -0.25) is 0 Å². The molecule has 104 valence electrons. The number of aliphatic hydroxyl groups is 1. The number of fused-ring (bicyclic) bond motifs is 2. The maximum atomic E-state index is 10.8. The number of hydrogen-bond donors (Lipinski definition) is 2. The average molecular weight is 251 g/mol. The lowest BCUT2D eigenvalue weighted by molar-refractivity contribution is -0.0301. The Kier molecular flexibility index (Phi) is 3.68. The summed E-state index contributed by atoms with van der Waals surface area (Å²) in [7, 11) is 0. The first-order valence-electron chi connectivity index (χ1n) is 8.14. The fraction of sp³-hybridized carbons (Fsp3) is 1.00. The van der Waals surface area contributed by atoms with E-state index in [1.54, 1.807) is 0 Å². The SMILES string of the molecule is CCNC1CCC(O)(CC2CC3CCC2C3)CC1. The normalized spacial score (nSPS) is 47.7. The maximum absolute atomic E-state index is 10.8. The van der Waals surface area contributed by atoms with Gasteiger partial charge in [0.25, 0.3) is 0 Å². The average Bonchev–Trinajstić information content (AvgIpc) is 2.94. The van der Waals surface area contributed by atoms with E-state index in [-0.39, 0.29) is 5.60 Å². The van der Waals surface area contributed by atoms with Crippen molar-refractivity contribution in [2.24, 2.45) is 17.8 Å². The van der Waals surface area contributed by atoms with E-state index in [0.717, 1.165) is 43.6 Å². The van der Waals surface area contributed by atoms with E-state index >= 15 is 0 Å². The molecule has 18 heavy (non-hydrogen) atoms. The van der Waals surface area contributed by atoms with Gasteiger partial charge in [-0.15, -0.1) is 0 Å². The van der Waals surface area contributed by atoms with Gasteiger partial charge in [-0.2, -0.15) is 0 Å². The van der Waals surface area contributed by atoms with Crippen LogP contribution in [0.5, 0.6) is 0 Å². The summed E-state index contributed by atoms with van der Waals surface area (Å²) in [5, 5.41) is 14.3. The molecular weight excluding hydrogens is 222 g/mol. The van der Waals surface area contributed by atoms with Gasteiger partial charge in [0.2, 0.25) is 0 Å². The highest BCUT2D eigenvalue weighted by atomic mass is 16.3. The van der Waals surface area contributed by atoms with Gasteiger partial charge in [0.15, 0.2) is 0 Å². The van der Waals surface area contributed by atoms with Crippen LogP contribution in [0.25, 0.3) is 0 Å². The predicted molar refractivity (Wildman–Crippen MR) is 74.4 cm³/mol. The quantitative estimate of drug-likeness (QED) is 0.804. The second-order valence-corrected chi connectivity index (χ2v) is 7.20. The molecule has 0 aliphatic heterocycles. The number of nitrogens with one attached hydrogen (secondary N) is 1. The van der Waals surface area contributed by atoms with Crippen molar-refractivity contribution in [3.63, 3.8) is 0 Å². The zero-order valence-corrected chi connectivity index (χ0v) is 11.8. The summed E-state index contributed by atoms with van der Waals surface area (Å²) in [5.74, 6) is 2.83. The van der Waals surface area contributed by atoms with Gasteiger partial charge < -0.3 is 10.4 Å². The third-order valence-corrected chi connectivity index (χ3v) is 5.94. The first kappa shape index (κ1) is 12.9. The van der Waals surface area contributed by atoms with Gasteiger partial charge in [-0.25, -0.2) is 0 Å². The van der Waals surface area contributed by atoms with Gasteiger partial charge in [0, 0.05) is 6.04 Å². The van der Waals surface area contributed by atoms with Gasteiger partial charge in [0.1, 0.15) is 0 Å². The van der Waals surface area contributed by atoms with E-state index < -0.39 is 0 Å². The zero-order chi connectivity index (χ0) is 12.6. The molecule has 3 rings (SSSR count). The Morgan fingerprint density at radius 1 is 1.11 bits per heavy atom.